The van der Waals surface area contributed by atoms with Crippen LogP contribution in [0.5, 0.6) is 0 Å². The van der Waals surface area contributed by atoms with Gasteiger partial charge < -0.3 is 9.84 Å². The summed E-state index contributed by atoms with van der Waals surface area (Å²) in [6.45, 7) is 2.06. The molecule has 3 heteroatoms. The standard InChI is InChI=1S/C9H14O3/c1-2-12-9(11)8(10)7-5-3-4-6-7/h3,5,7-8,10H,2,4,6H2,1H3/t7-,8-/m0/s1. The van der Waals surface area contributed by atoms with Crippen molar-refractivity contribution >= 4 is 5.97 Å². The summed E-state index contributed by atoms with van der Waals surface area (Å²) < 4.78 is 4.69. The number of aliphatic hydroxyl groups excluding tert-OH is 1. The molecule has 2 atom stereocenters. The summed E-state index contributed by atoms with van der Waals surface area (Å²) in [5.74, 6) is -0.543. The van der Waals surface area contributed by atoms with Gasteiger partial charge in [-0.1, -0.05) is 12.2 Å². The van der Waals surface area contributed by atoms with Crippen LogP contribution < -0.4 is 0 Å². The number of hydrogen-bond acceptors (Lipinski definition) is 3. The molecule has 0 aromatic heterocycles. The molecular weight excluding hydrogens is 156 g/mol. The summed E-state index contributed by atoms with van der Waals surface area (Å²) in [6.07, 6.45) is 4.68. The van der Waals surface area contributed by atoms with Gasteiger partial charge in [0.25, 0.3) is 0 Å². The van der Waals surface area contributed by atoms with Crippen molar-refractivity contribution in [3.63, 3.8) is 0 Å². The number of hydrogen-bond donors (Lipinski definition) is 1. The molecule has 0 aromatic carbocycles. The molecule has 0 unspecified atom stereocenters. The maximum absolute atomic E-state index is 11.0. The van der Waals surface area contributed by atoms with E-state index in [1.54, 1.807) is 6.92 Å². The largest absolute Gasteiger partial charge is 0.464 e. The Kier molecular flexibility index (Phi) is 3.29. The van der Waals surface area contributed by atoms with Gasteiger partial charge in [0.2, 0.25) is 0 Å². The number of allylic oxidation sites excluding steroid dienone is 1. The molecule has 0 aliphatic heterocycles. The Balaban J connectivity index is 2.40. The predicted molar refractivity (Wildman–Crippen MR) is 44.5 cm³/mol. The molecule has 1 rings (SSSR count). The van der Waals surface area contributed by atoms with Crippen LogP contribution in [0, 0.1) is 5.92 Å². The molecular formula is C9H14O3. The van der Waals surface area contributed by atoms with Crippen LogP contribution >= 0.6 is 0 Å². The summed E-state index contributed by atoms with van der Waals surface area (Å²) in [6, 6.07) is 0. The van der Waals surface area contributed by atoms with Gasteiger partial charge in [-0.05, 0) is 19.8 Å². The van der Waals surface area contributed by atoms with Gasteiger partial charge in [0, 0.05) is 5.92 Å². The van der Waals surface area contributed by atoms with Crippen LogP contribution in [0.3, 0.4) is 0 Å². The van der Waals surface area contributed by atoms with E-state index in [1.807, 2.05) is 12.2 Å². The van der Waals surface area contributed by atoms with Crippen molar-refractivity contribution in [1.82, 2.24) is 0 Å². The minimum Gasteiger partial charge on any atom is -0.464 e. The molecule has 3 nitrogen and oxygen atoms in total. The van der Waals surface area contributed by atoms with E-state index in [0.717, 1.165) is 12.8 Å². The molecule has 1 aliphatic rings. The summed E-state index contributed by atoms with van der Waals surface area (Å²) in [5.41, 5.74) is 0. The third kappa shape index (κ3) is 2.08. The number of carbonyl (C=O) groups excluding carboxylic acids is 1. The van der Waals surface area contributed by atoms with Gasteiger partial charge in [-0.25, -0.2) is 4.79 Å². The van der Waals surface area contributed by atoms with Gasteiger partial charge in [0.15, 0.2) is 6.10 Å². The zero-order valence-corrected chi connectivity index (χ0v) is 7.19. The quantitative estimate of drug-likeness (QED) is 0.505. The molecule has 0 radical (unpaired) electrons. The van der Waals surface area contributed by atoms with E-state index in [1.165, 1.54) is 0 Å². The fourth-order valence-electron chi connectivity index (χ4n) is 1.32. The maximum Gasteiger partial charge on any atom is 0.335 e. The molecule has 0 saturated heterocycles. The first-order valence-corrected chi connectivity index (χ1v) is 4.27. The minimum atomic E-state index is -0.969. The Labute approximate surface area is 72.0 Å². The van der Waals surface area contributed by atoms with Crippen LogP contribution in [0.4, 0.5) is 0 Å². The Hall–Kier alpha value is -0.830. The Morgan fingerprint density at radius 3 is 3.08 bits per heavy atom. The topological polar surface area (TPSA) is 46.5 Å². The van der Waals surface area contributed by atoms with E-state index < -0.39 is 12.1 Å². The molecule has 0 fully saturated rings. The lowest BCUT2D eigenvalue weighted by Crippen LogP contribution is -2.29. The van der Waals surface area contributed by atoms with Crippen molar-refractivity contribution in [2.45, 2.75) is 25.9 Å². The second kappa shape index (κ2) is 4.26. The number of carbonyl (C=O) groups is 1. The summed E-state index contributed by atoms with van der Waals surface area (Å²) >= 11 is 0. The smallest absolute Gasteiger partial charge is 0.335 e. The van der Waals surface area contributed by atoms with Crippen LogP contribution in [0.1, 0.15) is 19.8 Å². The van der Waals surface area contributed by atoms with Crippen LogP contribution in [-0.4, -0.2) is 23.8 Å². The normalized spacial score (nSPS) is 24.0. The van der Waals surface area contributed by atoms with Gasteiger partial charge in [0.05, 0.1) is 6.61 Å². The average molecular weight is 170 g/mol. The van der Waals surface area contributed by atoms with Crippen LogP contribution in [-0.2, 0) is 9.53 Å². The highest BCUT2D eigenvalue weighted by atomic mass is 16.5. The lowest BCUT2D eigenvalue weighted by molar-refractivity contribution is -0.155. The highest BCUT2D eigenvalue weighted by Crippen LogP contribution is 2.21. The van der Waals surface area contributed by atoms with E-state index >= 15 is 0 Å². The lowest BCUT2D eigenvalue weighted by atomic mass is 10.0. The molecule has 0 amide bonds. The first-order valence-electron chi connectivity index (χ1n) is 4.27. The van der Waals surface area contributed by atoms with Gasteiger partial charge in [-0.3, -0.25) is 0 Å². The van der Waals surface area contributed by atoms with Gasteiger partial charge >= 0.3 is 5.97 Å². The monoisotopic (exact) mass is 170 g/mol. The van der Waals surface area contributed by atoms with Gasteiger partial charge in [0.1, 0.15) is 0 Å². The minimum absolute atomic E-state index is 0.0379. The van der Waals surface area contributed by atoms with E-state index in [0.29, 0.717) is 6.61 Å². The zero-order valence-electron chi connectivity index (χ0n) is 7.19. The van der Waals surface area contributed by atoms with Crippen LogP contribution in [0.25, 0.3) is 0 Å². The second-order valence-electron chi connectivity index (χ2n) is 2.87. The van der Waals surface area contributed by atoms with Crippen molar-refractivity contribution in [2.75, 3.05) is 6.61 Å². The van der Waals surface area contributed by atoms with E-state index in [-0.39, 0.29) is 5.92 Å². The maximum atomic E-state index is 11.0. The molecule has 0 saturated carbocycles. The van der Waals surface area contributed by atoms with Gasteiger partial charge in [-0.15, -0.1) is 0 Å². The first kappa shape index (κ1) is 9.26. The summed E-state index contributed by atoms with van der Waals surface area (Å²) in [4.78, 5) is 11.0. The van der Waals surface area contributed by atoms with Crippen molar-refractivity contribution in [1.29, 1.82) is 0 Å². The fraction of sp³-hybridized carbons (Fsp3) is 0.667. The van der Waals surface area contributed by atoms with Crippen molar-refractivity contribution in [3.8, 4) is 0 Å². The Morgan fingerprint density at radius 1 is 1.83 bits per heavy atom. The van der Waals surface area contributed by atoms with Crippen molar-refractivity contribution < 1.29 is 14.6 Å². The average Bonchev–Trinajstić information content (AvgIpc) is 2.55. The molecule has 1 N–H and O–H groups in total. The number of ether oxygens (including phenoxy) is 1. The Morgan fingerprint density at radius 2 is 2.58 bits per heavy atom. The molecule has 0 aromatic rings. The van der Waals surface area contributed by atoms with Crippen LogP contribution in [0.2, 0.25) is 0 Å². The van der Waals surface area contributed by atoms with E-state index in [2.05, 4.69) is 0 Å². The number of aliphatic hydroxyl groups is 1. The van der Waals surface area contributed by atoms with Crippen LogP contribution in [0.15, 0.2) is 12.2 Å². The number of esters is 1. The third-order valence-electron chi connectivity index (χ3n) is 1.98. The number of rotatable bonds is 3. The fourth-order valence-corrected chi connectivity index (χ4v) is 1.32. The van der Waals surface area contributed by atoms with Gasteiger partial charge in [-0.2, -0.15) is 0 Å². The predicted octanol–water partition coefficient (Wildman–Crippen LogP) is 0.877. The SMILES string of the molecule is CCOC(=O)[C@@H](O)[C@H]1C=CCC1. The highest BCUT2D eigenvalue weighted by molar-refractivity contribution is 5.75. The molecule has 68 valence electrons. The van der Waals surface area contributed by atoms with E-state index in [4.69, 9.17) is 4.74 Å². The molecule has 0 bridgehead atoms. The van der Waals surface area contributed by atoms with Crippen molar-refractivity contribution in [2.24, 2.45) is 5.92 Å². The first-order chi connectivity index (χ1) is 5.75. The molecule has 12 heavy (non-hydrogen) atoms. The summed E-state index contributed by atoms with van der Waals surface area (Å²) in [7, 11) is 0. The molecule has 0 heterocycles. The van der Waals surface area contributed by atoms with Crippen molar-refractivity contribution in [3.05, 3.63) is 12.2 Å². The highest BCUT2D eigenvalue weighted by Gasteiger charge is 2.26. The molecule has 0 spiro atoms. The third-order valence-corrected chi connectivity index (χ3v) is 1.98. The zero-order chi connectivity index (χ0) is 8.97. The second-order valence-corrected chi connectivity index (χ2v) is 2.87. The Bertz CT molecular complexity index is 186. The summed E-state index contributed by atoms with van der Waals surface area (Å²) in [5, 5.41) is 9.42. The lowest BCUT2D eigenvalue weighted by Gasteiger charge is -2.14. The van der Waals surface area contributed by atoms with E-state index in [9.17, 15) is 9.90 Å². The molecule has 1 aliphatic carbocycles.